The molecule has 102 valence electrons. The van der Waals surface area contributed by atoms with Crippen molar-refractivity contribution in [3.8, 4) is 10.6 Å². The van der Waals surface area contributed by atoms with Gasteiger partial charge in [-0.1, -0.05) is 20.8 Å². The van der Waals surface area contributed by atoms with Gasteiger partial charge < -0.3 is 5.11 Å². The lowest BCUT2D eigenvalue weighted by molar-refractivity contribution is 0.0697. The Morgan fingerprint density at radius 1 is 1.32 bits per heavy atom. The van der Waals surface area contributed by atoms with E-state index >= 15 is 0 Å². The SMILES string of the molecule is CC(C)(C)CCc1nc(-c2cc(C(=O)O)cs2)cs1. The van der Waals surface area contributed by atoms with Crippen LogP contribution in [-0.4, -0.2) is 16.1 Å². The molecule has 0 saturated carbocycles. The molecule has 0 spiro atoms. The van der Waals surface area contributed by atoms with Crippen molar-refractivity contribution in [2.45, 2.75) is 33.6 Å². The molecule has 2 heterocycles. The van der Waals surface area contributed by atoms with Crippen molar-refractivity contribution >= 4 is 28.6 Å². The minimum absolute atomic E-state index is 0.311. The third-order valence-electron chi connectivity index (χ3n) is 2.74. The zero-order chi connectivity index (χ0) is 14.0. The molecule has 3 nitrogen and oxygen atoms in total. The molecule has 0 aliphatic carbocycles. The minimum atomic E-state index is -0.884. The predicted molar refractivity (Wildman–Crippen MR) is 80.2 cm³/mol. The van der Waals surface area contributed by atoms with Gasteiger partial charge in [0.05, 0.1) is 21.1 Å². The lowest BCUT2D eigenvalue weighted by Crippen LogP contribution is -2.06. The first-order valence-corrected chi connectivity index (χ1v) is 7.88. The average molecular weight is 295 g/mol. The Morgan fingerprint density at radius 2 is 2.05 bits per heavy atom. The molecule has 0 radical (unpaired) electrons. The maximum atomic E-state index is 10.9. The van der Waals surface area contributed by atoms with Crippen LogP contribution in [0.15, 0.2) is 16.8 Å². The van der Waals surface area contributed by atoms with E-state index in [0.717, 1.165) is 28.4 Å². The van der Waals surface area contributed by atoms with Crippen molar-refractivity contribution in [3.63, 3.8) is 0 Å². The van der Waals surface area contributed by atoms with Crippen molar-refractivity contribution in [2.24, 2.45) is 5.41 Å². The Labute approximate surface area is 120 Å². The fraction of sp³-hybridized carbons (Fsp3) is 0.429. The van der Waals surface area contributed by atoms with Gasteiger partial charge in [-0.25, -0.2) is 9.78 Å². The highest BCUT2D eigenvalue weighted by molar-refractivity contribution is 7.14. The Kier molecular flexibility index (Phi) is 4.06. The summed E-state index contributed by atoms with van der Waals surface area (Å²) >= 11 is 3.08. The van der Waals surface area contributed by atoms with E-state index in [2.05, 4.69) is 25.8 Å². The zero-order valence-corrected chi connectivity index (χ0v) is 12.9. The zero-order valence-electron chi connectivity index (χ0n) is 11.3. The molecule has 5 heteroatoms. The first kappa shape index (κ1) is 14.2. The summed E-state index contributed by atoms with van der Waals surface area (Å²) in [6, 6.07) is 1.69. The third-order valence-corrected chi connectivity index (χ3v) is 4.60. The smallest absolute Gasteiger partial charge is 0.336 e. The molecule has 0 amide bonds. The molecule has 2 aromatic heterocycles. The van der Waals surface area contributed by atoms with E-state index in [-0.39, 0.29) is 0 Å². The first-order valence-electron chi connectivity index (χ1n) is 6.12. The van der Waals surface area contributed by atoms with Gasteiger partial charge in [-0.15, -0.1) is 22.7 Å². The van der Waals surface area contributed by atoms with Crippen LogP contribution in [0.1, 0.15) is 42.6 Å². The van der Waals surface area contributed by atoms with Gasteiger partial charge in [0.15, 0.2) is 0 Å². The quantitative estimate of drug-likeness (QED) is 0.900. The number of hydrogen-bond acceptors (Lipinski definition) is 4. The van der Waals surface area contributed by atoms with Crippen LogP contribution < -0.4 is 0 Å². The molecule has 0 atom stereocenters. The van der Waals surface area contributed by atoms with Crippen LogP contribution in [0.4, 0.5) is 0 Å². The van der Waals surface area contributed by atoms with Gasteiger partial charge in [-0.05, 0) is 24.3 Å². The number of aromatic carboxylic acids is 1. The summed E-state index contributed by atoms with van der Waals surface area (Å²) in [6.45, 7) is 6.67. The Hall–Kier alpha value is -1.20. The monoisotopic (exact) mass is 295 g/mol. The molecule has 0 fully saturated rings. The largest absolute Gasteiger partial charge is 0.478 e. The Bertz CT molecular complexity index is 578. The Balaban J connectivity index is 2.09. The number of rotatable bonds is 4. The molecule has 0 bridgehead atoms. The van der Waals surface area contributed by atoms with Crippen LogP contribution >= 0.6 is 22.7 Å². The second-order valence-corrected chi connectivity index (χ2v) is 7.55. The van der Waals surface area contributed by atoms with Crippen LogP contribution in [0.25, 0.3) is 10.6 Å². The molecule has 2 aromatic rings. The molecular formula is C14H17NO2S2. The van der Waals surface area contributed by atoms with Crippen molar-refractivity contribution < 1.29 is 9.90 Å². The molecule has 0 aromatic carbocycles. The van der Waals surface area contributed by atoms with Crippen LogP contribution in [0.5, 0.6) is 0 Å². The number of carboxylic acid groups (broad SMARTS) is 1. The average Bonchev–Trinajstić information content (AvgIpc) is 2.94. The van der Waals surface area contributed by atoms with E-state index in [1.165, 1.54) is 11.3 Å². The lowest BCUT2D eigenvalue weighted by Gasteiger charge is -2.16. The van der Waals surface area contributed by atoms with Crippen LogP contribution in [0.3, 0.4) is 0 Å². The maximum Gasteiger partial charge on any atom is 0.336 e. The van der Waals surface area contributed by atoms with E-state index in [1.807, 2.05) is 5.38 Å². The van der Waals surface area contributed by atoms with Crippen LogP contribution in [0, 0.1) is 5.41 Å². The van der Waals surface area contributed by atoms with E-state index in [0.29, 0.717) is 11.0 Å². The summed E-state index contributed by atoms with van der Waals surface area (Å²) in [5.74, 6) is -0.884. The summed E-state index contributed by atoms with van der Waals surface area (Å²) in [5, 5.41) is 13.7. The number of aromatic nitrogens is 1. The van der Waals surface area contributed by atoms with Crippen LogP contribution in [-0.2, 0) is 6.42 Å². The van der Waals surface area contributed by atoms with Crippen molar-refractivity contribution in [1.29, 1.82) is 0 Å². The number of thiazole rings is 1. The van der Waals surface area contributed by atoms with Gasteiger partial charge >= 0.3 is 5.97 Å². The van der Waals surface area contributed by atoms with Gasteiger partial charge in [0.2, 0.25) is 0 Å². The summed E-state index contributed by atoms with van der Waals surface area (Å²) < 4.78 is 0. The summed E-state index contributed by atoms with van der Waals surface area (Å²) in [5.41, 5.74) is 1.54. The summed E-state index contributed by atoms with van der Waals surface area (Å²) in [7, 11) is 0. The molecule has 19 heavy (non-hydrogen) atoms. The number of aryl methyl sites for hydroxylation is 1. The number of nitrogens with zero attached hydrogens (tertiary/aromatic N) is 1. The molecule has 0 saturated heterocycles. The number of hydrogen-bond donors (Lipinski definition) is 1. The molecule has 2 rings (SSSR count). The highest BCUT2D eigenvalue weighted by Gasteiger charge is 2.14. The van der Waals surface area contributed by atoms with Gasteiger partial charge in [-0.2, -0.15) is 0 Å². The van der Waals surface area contributed by atoms with Crippen LogP contribution in [0.2, 0.25) is 0 Å². The van der Waals surface area contributed by atoms with Gasteiger partial charge in [0, 0.05) is 10.8 Å². The van der Waals surface area contributed by atoms with E-state index in [1.54, 1.807) is 22.8 Å². The van der Waals surface area contributed by atoms with Gasteiger partial charge in [0.25, 0.3) is 0 Å². The molecule has 1 N–H and O–H groups in total. The van der Waals surface area contributed by atoms with E-state index in [4.69, 9.17) is 5.11 Å². The van der Waals surface area contributed by atoms with Crippen molar-refractivity contribution in [3.05, 3.63) is 27.4 Å². The maximum absolute atomic E-state index is 10.9. The normalized spacial score (nSPS) is 11.7. The highest BCUT2D eigenvalue weighted by Crippen LogP contribution is 2.30. The number of carboxylic acids is 1. The third kappa shape index (κ3) is 3.88. The number of carbonyl (C=O) groups is 1. The molecule has 0 unspecified atom stereocenters. The second kappa shape index (κ2) is 5.43. The minimum Gasteiger partial charge on any atom is -0.478 e. The summed E-state index contributed by atoms with van der Waals surface area (Å²) in [4.78, 5) is 16.4. The van der Waals surface area contributed by atoms with E-state index in [9.17, 15) is 4.79 Å². The molecule has 0 aliphatic heterocycles. The number of thiophene rings is 1. The van der Waals surface area contributed by atoms with Crippen molar-refractivity contribution in [1.82, 2.24) is 4.98 Å². The summed E-state index contributed by atoms with van der Waals surface area (Å²) in [6.07, 6.45) is 2.08. The lowest BCUT2D eigenvalue weighted by atomic mass is 9.91. The fourth-order valence-corrected chi connectivity index (χ4v) is 3.32. The topological polar surface area (TPSA) is 50.2 Å². The predicted octanol–water partition coefficient (Wildman–Crippen LogP) is 4.55. The molecule has 0 aliphatic rings. The van der Waals surface area contributed by atoms with Crippen molar-refractivity contribution in [2.75, 3.05) is 0 Å². The molecular weight excluding hydrogens is 278 g/mol. The van der Waals surface area contributed by atoms with E-state index < -0.39 is 5.97 Å². The standard InChI is InChI=1S/C14H17NO2S2/c1-14(2,3)5-4-12-15-10(8-19-12)11-6-9(7-18-11)13(16)17/h6-8H,4-5H2,1-3H3,(H,16,17). The second-order valence-electron chi connectivity index (χ2n) is 5.69. The highest BCUT2D eigenvalue weighted by atomic mass is 32.1. The first-order chi connectivity index (χ1) is 8.85. The van der Waals surface area contributed by atoms with Gasteiger partial charge in [0.1, 0.15) is 0 Å². The fourth-order valence-electron chi connectivity index (χ4n) is 1.60. The Morgan fingerprint density at radius 3 is 2.63 bits per heavy atom. The van der Waals surface area contributed by atoms with Gasteiger partial charge in [-0.3, -0.25) is 0 Å².